The molecule has 4 rings (SSSR count). The van der Waals surface area contributed by atoms with Gasteiger partial charge >= 0.3 is 19.5 Å². The Kier molecular flexibility index (Phi) is 13.7. The number of nitrogens with one attached hydrogen (secondary N) is 1. The first-order valence-corrected chi connectivity index (χ1v) is 13.8. The van der Waals surface area contributed by atoms with Crippen molar-refractivity contribution < 1.29 is 40.3 Å². The maximum Gasteiger partial charge on any atom is 3.00 e. The van der Waals surface area contributed by atoms with Crippen LogP contribution in [0.15, 0.2) is 95.9 Å². The molecule has 0 amide bonds. The van der Waals surface area contributed by atoms with Gasteiger partial charge in [-0.05, 0) is 52.7 Å². The number of rotatable bonds is 6. The molecular weight excluding hydrogens is 613 g/mol. The van der Waals surface area contributed by atoms with Crippen LogP contribution in [0.5, 0.6) is 0 Å². The molecule has 0 aliphatic carbocycles. The minimum Gasteiger partial charge on any atom is -1.00 e. The zero-order valence-corrected chi connectivity index (χ0v) is 26.5. The van der Waals surface area contributed by atoms with Crippen LogP contribution in [0.1, 0.15) is 56.6 Å². The number of halogens is 1. The molecule has 1 N–H and O–H groups in total. The van der Waals surface area contributed by atoms with Crippen molar-refractivity contribution in [3.05, 3.63) is 146 Å². The molecule has 39 heavy (non-hydrogen) atoms. The van der Waals surface area contributed by atoms with Gasteiger partial charge in [0.05, 0.1) is 4.90 Å². The number of sulfonamides is 1. The first-order valence-electron chi connectivity index (χ1n) is 12.4. The molecule has 1 radical (unpaired) electrons. The van der Waals surface area contributed by atoms with Gasteiger partial charge in [0.25, 0.3) is 0 Å². The molecule has 0 aliphatic heterocycles. The minimum absolute atomic E-state index is 0. The van der Waals surface area contributed by atoms with E-state index in [0.29, 0.717) is 16.7 Å². The van der Waals surface area contributed by atoms with Crippen LogP contribution in [0.3, 0.4) is 0 Å². The molecule has 0 saturated heterocycles. The third-order valence-electron chi connectivity index (χ3n) is 6.10. The Balaban J connectivity index is 0.000000590. The second-order valence-corrected chi connectivity index (χ2v) is 11.3. The van der Waals surface area contributed by atoms with Crippen molar-refractivity contribution >= 4 is 10.0 Å². The summed E-state index contributed by atoms with van der Waals surface area (Å²) in [5, 5.41) is 0. The normalized spacial score (nSPS) is 12.2. The largest absolute Gasteiger partial charge is 3.00 e. The molecule has 4 aromatic rings. The fraction of sp³-hybridized carbons (Fsp3) is 0.250. The maximum absolute atomic E-state index is 13.3. The molecule has 0 fully saturated rings. The second-order valence-electron chi connectivity index (χ2n) is 9.72. The number of aryl methyl sites for hydroxylation is 6. The standard InChI is InChI=1S/C23H24N2O2S.C9H12.ClH.Ru/c1-16-14-17(2)23(18(3)15-16)28(26,27)25-22(20-12-8-5-9-13-20)21(24)19-10-6-4-7-11-19;1-7-4-8(2)6-9(3)5-7;;/h4-15,21-22,24H,1-3H3;4-6H,1-3H3;1H;/q-2;;;+3/p-1/t21-,22-;;;/m0.../s1. The Labute approximate surface area is 253 Å². The Morgan fingerprint density at radius 3 is 1.38 bits per heavy atom. The van der Waals surface area contributed by atoms with Crippen LogP contribution in [-0.2, 0) is 29.5 Å². The monoisotopic (exact) mass is 649 g/mol. The van der Waals surface area contributed by atoms with E-state index >= 15 is 0 Å². The van der Waals surface area contributed by atoms with Crippen LogP contribution >= 0.6 is 0 Å². The summed E-state index contributed by atoms with van der Waals surface area (Å²) in [5.74, 6) is 0. The van der Waals surface area contributed by atoms with E-state index in [-0.39, 0.29) is 36.8 Å². The van der Waals surface area contributed by atoms with Gasteiger partial charge in [-0.2, -0.15) is 0 Å². The molecule has 0 saturated carbocycles. The molecule has 0 spiro atoms. The van der Waals surface area contributed by atoms with Gasteiger partial charge in [0.15, 0.2) is 0 Å². The van der Waals surface area contributed by atoms with E-state index in [1.165, 1.54) is 16.7 Å². The van der Waals surface area contributed by atoms with Gasteiger partial charge < -0.3 is 22.9 Å². The average Bonchev–Trinajstić information content (AvgIpc) is 2.82. The van der Waals surface area contributed by atoms with Gasteiger partial charge in [-0.25, -0.2) is 8.42 Å². The van der Waals surface area contributed by atoms with E-state index in [1.54, 1.807) is 13.8 Å². The molecule has 7 heteroatoms. The van der Waals surface area contributed by atoms with Crippen molar-refractivity contribution in [1.82, 2.24) is 0 Å². The van der Waals surface area contributed by atoms with E-state index in [1.807, 2.05) is 79.7 Å². The van der Waals surface area contributed by atoms with E-state index in [0.717, 1.165) is 11.1 Å². The second kappa shape index (κ2) is 15.5. The van der Waals surface area contributed by atoms with Crippen LogP contribution in [0.4, 0.5) is 0 Å². The molecule has 4 aromatic carbocycles. The van der Waals surface area contributed by atoms with Gasteiger partial charge in [0.1, 0.15) is 10.0 Å². The fourth-order valence-corrected chi connectivity index (χ4v) is 6.36. The summed E-state index contributed by atoms with van der Waals surface area (Å²) >= 11 is 0. The molecule has 0 heterocycles. The predicted molar refractivity (Wildman–Crippen MR) is 155 cm³/mol. The molecule has 0 aliphatic rings. The molecule has 4 nitrogen and oxygen atoms in total. The third-order valence-corrected chi connectivity index (χ3v) is 7.76. The van der Waals surface area contributed by atoms with Crippen molar-refractivity contribution in [2.45, 2.75) is 58.5 Å². The van der Waals surface area contributed by atoms with Crippen molar-refractivity contribution in [3.8, 4) is 0 Å². The average molecular weight is 649 g/mol. The van der Waals surface area contributed by atoms with Crippen LogP contribution in [-0.4, -0.2) is 8.42 Å². The van der Waals surface area contributed by atoms with E-state index in [2.05, 4.69) is 43.7 Å². The molecular formula is C32H36ClN2O2RuS. The molecule has 0 unspecified atom stereocenters. The van der Waals surface area contributed by atoms with E-state index < -0.39 is 22.1 Å². The zero-order valence-electron chi connectivity index (χ0n) is 23.2. The van der Waals surface area contributed by atoms with Crippen LogP contribution in [0.25, 0.3) is 10.5 Å². The number of hydrogen-bond acceptors (Lipinski definition) is 2. The zero-order chi connectivity index (χ0) is 27.2. The minimum atomic E-state index is -3.93. The topological polar surface area (TPSA) is 72.0 Å². The number of nitrogens with zero attached hydrogens (tertiary/aromatic N) is 1. The number of benzene rings is 4. The van der Waals surface area contributed by atoms with Gasteiger partial charge in [-0.15, -0.1) is 12.1 Å². The Morgan fingerprint density at radius 2 is 0.974 bits per heavy atom. The molecule has 0 bridgehead atoms. The smallest absolute Gasteiger partial charge is 1.00 e. The molecule has 2 atom stereocenters. The Bertz CT molecular complexity index is 1370. The Morgan fingerprint density at radius 1 is 0.615 bits per heavy atom. The van der Waals surface area contributed by atoms with Crippen molar-refractivity contribution in [3.63, 3.8) is 0 Å². The third kappa shape index (κ3) is 9.67. The SMILES string of the molecule is Cc1cc(C)c(S(=O)(=O)[N-][C@@H](c2ccccc2)[C@@H]([NH-])c2ccccc2)c(C)c1.Cc1cc(C)cc(C)c1.[Cl-].[Ru+3]. The fourth-order valence-electron chi connectivity index (χ4n) is 4.79. The first-order chi connectivity index (χ1) is 17.5. The summed E-state index contributed by atoms with van der Waals surface area (Å²) in [7, 11) is -3.93. The molecule has 207 valence electrons. The van der Waals surface area contributed by atoms with Gasteiger partial charge in [-0.1, -0.05) is 124 Å². The molecule has 0 aromatic heterocycles. The quantitative estimate of drug-likeness (QED) is 0.247. The van der Waals surface area contributed by atoms with Gasteiger partial charge in [0, 0.05) is 0 Å². The van der Waals surface area contributed by atoms with Gasteiger partial charge in [0.2, 0.25) is 0 Å². The maximum atomic E-state index is 13.3. The summed E-state index contributed by atoms with van der Waals surface area (Å²) in [4.78, 5) is 0.235. The van der Waals surface area contributed by atoms with Crippen LogP contribution < -0.4 is 12.4 Å². The van der Waals surface area contributed by atoms with E-state index in [4.69, 9.17) is 5.73 Å². The van der Waals surface area contributed by atoms with E-state index in [9.17, 15) is 8.42 Å². The van der Waals surface area contributed by atoms with Crippen LogP contribution in [0.2, 0.25) is 0 Å². The van der Waals surface area contributed by atoms with Crippen molar-refractivity contribution in [1.29, 1.82) is 0 Å². The van der Waals surface area contributed by atoms with Crippen molar-refractivity contribution in [2.75, 3.05) is 0 Å². The van der Waals surface area contributed by atoms with Gasteiger partial charge in [-0.3, -0.25) is 0 Å². The summed E-state index contributed by atoms with van der Waals surface area (Å²) in [6.07, 6.45) is 0. The summed E-state index contributed by atoms with van der Waals surface area (Å²) < 4.78 is 30.8. The number of hydrogen-bond donors (Lipinski definition) is 0. The first kappa shape index (κ1) is 34.7. The van der Waals surface area contributed by atoms with Crippen LogP contribution in [0, 0.1) is 41.5 Å². The summed E-state index contributed by atoms with van der Waals surface area (Å²) in [6, 6.07) is 27.0. The summed E-state index contributed by atoms with van der Waals surface area (Å²) in [6.45, 7) is 11.9. The van der Waals surface area contributed by atoms with Crippen molar-refractivity contribution in [2.24, 2.45) is 0 Å². The Hall–Kier alpha value is -2.34. The summed E-state index contributed by atoms with van der Waals surface area (Å²) in [5.41, 5.74) is 16.6. The predicted octanol–water partition coefficient (Wildman–Crippen LogP) is 5.82.